The molecule has 0 aromatic carbocycles. The van der Waals surface area contributed by atoms with E-state index in [0.717, 1.165) is 32.4 Å². The largest absolute Gasteiger partial charge is 0.343 e. The van der Waals surface area contributed by atoms with Crippen LogP contribution in [0.4, 0.5) is 4.79 Å². The van der Waals surface area contributed by atoms with Gasteiger partial charge < -0.3 is 15.5 Å². The SMILES string of the molecule is CCCC(=O)N1CCC(NC(=O)N[C@@H](C)C(C)C)CC1. The van der Waals surface area contributed by atoms with Crippen molar-refractivity contribution in [2.24, 2.45) is 5.92 Å². The Morgan fingerprint density at radius 3 is 2.30 bits per heavy atom. The van der Waals surface area contributed by atoms with E-state index in [4.69, 9.17) is 0 Å². The van der Waals surface area contributed by atoms with Crippen LogP contribution in [0.15, 0.2) is 0 Å². The molecule has 3 amide bonds. The Morgan fingerprint density at radius 2 is 1.80 bits per heavy atom. The van der Waals surface area contributed by atoms with Crippen LogP contribution < -0.4 is 10.6 Å². The molecular formula is C15H29N3O2. The van der Waals surface area contributed by atoms with E-state index in [0.29, 0.717) is 12.3 Å². The van der Waals surface area contributed by atoms with E-state index in [2.05, 4.69) is 24.5 Å². The fourth-order valence-corrected chi connectivity index (χ4v) is 2.25. The van der Waals surface area contributed by atoms with Crippen LogP contribution in [-0.2, 0) is 4.79 Å². The summed E-state index contributed by atoms with van der Waals surface area (Å²) in [6.45, 7) is 9.71. The number of nitrogens with zero attached hydrogens (tertiary/aromatic N) is 1. The lowest BCUT2D eigenvalue weighted by Gasteiger charge is -2.32. The van der Waals surface area contributed by atoms with E-state index in [1.807, 2.05) is 18.7 Å². The van der Waals surface area contributed by atoms with Gasteiger partial charge in [0.15, 0.2) is 0 Å². The van der Waals surface area contributed by atoms with Crippen molar-refractivity contribution in [1.29, 1.82) is 0 Å². The molecule has 0 saturated carbocycles. The van der Waals surface area contributed by atoms with Gasteiger partial charge in [0.25, 0.3) is 0 Å². The third kappa shape index (κ3) is 5.39. The zero-order chi connectivity index (χ0) is 15.1. The summed E-state index contributed by atoms with van der Waals surface area (Å²) in [6.07, 6.45) is 3.22. The molecule has 1 aliphatic heterocycles. The minimum Gasteiger partial charge on any atom is -0.343 e. The Morgan fingerprint density at radius 1 is 1.20 bits per heavy atom. The van der Waals surface area contributed by atoms with E-state index in [9.17, 15) is 9.59 Å². The Kier molecular flexibility index (Phi) is 6.82. The molecule has 0 bridgehead atoms. The Labute approximate surface area is 122 Å². The van der Waals surface area contributed by atoms with E-state index < -0.39 is 0 Å². The second-order valence-electron chi connectivity index (χ2n) is 6.06. The molecule has 1 fully saturated rings. The summed E-state index contributed by atoms with van der Waals surface area (Å²) in [5.74, 6) is 0.665. The molecule has 1 aliphatic rings. The average Bonchev–Trinajstić information content (AvgIpc) is 2.39. The van der Waals surface area contributed by atoms with Crippen molar-refractivity contribution in [3.05, 3.63) is 0 Å². The van der Waals surface area contributed by atoms with Crippen LogP contribution in [-0.4, -0.2) is 42.0 Å². The molecule has 20 heavy (non-hydrogen) atoms. The number of piperidine rings is 1. The third-order valence-electron chi connectivity index (χ3n) is 4.01. The Hall–Kier alpha value is -1.26. The van der Waals surface area contributed by atoms with Gasteiger partial charge in [-0.25, -0.2) is 4.79 Å². The van der Waals surface area contributed by atoms with Crippen LogP contribution in [0.1, 0.15) is 53.4 Å². The molecule has 1 rings (SSSR count). The first-order valence-electron chi connectivity index (χ1n) is 7.78. The van der Waals surface area contributed by atoms with Gasteiger partial charge in [-0.2, -0.15) is 0 Å². The molecule has 1 atom stereocenters. The topological polar surface area (TPSA) is 61.4 Å². The second-order valence-corrected chi connectivity index (χ2v) is 6.06. The summed E-state index contributed by atoms with van der Waals surface area (Å²) in [5.41, 5.74) is 0. The molecule has 0 unspecified atom stereocenters. The first-order valence-corrected chi connectivity index (χ1v) is 7.78. The van der Waals surface area contributed by atoms with E-state index in [1.165, 1.54) is 0 Å². The molecule has 116 valence electrons. The summed E-state index contributed by atoms with van der Waals surface area (Å²) in [7, 11) is 0. The minimum absolute atomic E-state index is 0.0930. The highest BCUT2D eigenvalue weighted by Gasteiger charge is 2.23. The molecule has 0 radical (unpaired) electrons. The standard InChI is InChI=1S/C15H29N3O2/c1-5-6-14(19)18-9-7-13(8-10-18)17-15(20)16-12(4)11(2)3/h11-13H,5-10H2,1-4H3,(H2,16,17,20)/t12-/m0/s1. The highest BCUT2D eigenvalue weighted by molar-refractivity contribution is 5.76. The van der Waals surface area contributed by atoms with E-state index >= 15 is 0 Å². The highest BCUT2D eigenvalue weighted by Crippen LogP contribution is 2.12. The lowest BCUT2D eigenvalue weighted by Crippen LogP contribution is -2.51. The van der Waals surface area contributed by atoms with Crippen molar-refractivity contribution in [3.8, 4) is 0 Å². The third-order valence-corrected chi connectivity index (χ3v) is 4.01. The fourth-order valence-electron chi connectivity index (χ4n) is 2.25. The van der Waals surface area contributed by atoms with Gasteiger partial charge in [0.1, 0.15) is 0 Å². The summed E-state index contributed by atoms with van der Waals surface area (Å²) in [4.78, 5) is 25.5. The van der Waals surface area contributed by atoms with Crippen molar-refractivity contribution in [2.45, 2.75) is 65.5 Å². The molecule has 1 heterocycles. The van der Waals surface area contributed by atoms with Gasteiger partial charge in [-0.05, 0) is 32.1 Å². The molecule has 2 N–H and O–H groups in total. The second kappa shape index (κ2) is 8.12. The Bertz CT molecular complexity index is 323. The molecule has 0 aromatic rings. The minimum atomic E-state index is -0.0930. The van der Waals surface area contributed by atoms with Crippen LogP contribution in [0.25, 0.3) is 0 Å². The molecule has 5 nitrogen and oxygen atoms in total. The normalized spacial score (nSPS) is 17.9. The first-order chi connectivity index (χ1) is 9.43. The summed E-state index contributed by atoms with van der Waals surface area (Å²) >= 11 is 0. The van der Waals surface area contributed by atoms with Crippen molar-refractivity contribution in [3.63, 3.8) is 0 Å². The number of hydrogen-bond donors (Lipinski definition) is 2. The van der Waals surface area contributed by atoms with E-state index in [1.54, 1.807) is 0 Å². The number of carbonyl (C=O) groups excluding carboxylic acids is 2. The molecule has 5 heteroatoms. The summed E-state index contributed by atoms with van der Waals surface area (Å²) in [5, 5.41) is 5.96. The zero-order valence-electron chi connectivity index (χ0n) is 13.2. The maximum absolute atomic E-state index is 11.8. The van der Waals surface area contributed by atoms with Crippen LogP contribution in [0.5, 0.6) is 0 Å². The van der Waals surface area contributed by atoms with Crippen LogP contribution in [0.3, 0.4) is 0 Å². The monoisotopic (exact) mass is 283 g/mol. The zero-order valence-corrected chi connectivity index (χ0v) is 13.2. The van der Waals surface area contributed by atoms with E-state index in [-0.39, 0.29) is 24.0 Å². The van der Waals surface area contributed by atoms with Gasteiger partial charge in [0, 0.05) is 31.6 Å². The number of likely N-dealkylation sites (tertiary alicyclic amines) is 1. The van der Waals surface area contributed by atoms with Crippen molar-refractivity contribution >= 4 is 11.9 Å². The first kappa shape index (κ1) is 16.8. The van der Waals surface area contributed by atoms with Gasteiger partial charge in [0.05, 0.1) is 0 Å². The van der Waals surface area contributed by atoms with Gasteiger partial charge in [-0.1, -0.05) is 20.8 Å². The number of rotatable bonds is 5. The van der Waals surface area contributed by atoms with Crippen molar-refractivity contribution < 1.29 is 9.59 Å². The van der Waals surface area contributed by atoms with Crippen LogP contribution >= 0.6 is 0 Å². The number of hydrogen-bond acceptors (Lipinski definition) is 2. The molecule has 0 aliphatic carbocycles. The average molecular weight is 283 g/mol. The predicted octanol–water partition coefficient (Wildman–Crippen LogP) is 2.12. The molecule has 1 saturated heterocycles. The number of carbonyl (C=O) groups is 2. The van der Waals surface area contributed by atoms with Gasteiger partial charge >= 0.3 is 6.03 Å². The van der Waals surface area contributed by atoms with Crippen molar-refractivity contribution in [2.75, 3.05) is 13.1 Å². The van der Waals surface area contributed by atoms with Gasteiger partial charge in [-0.3, -0.25) is 4.79 Å². The maximum atomic E-state index is 11.8. The maximum Gasteiger partial charge on any atom is 0.315 e. The quantitative estimate of drug-likeness (QED) is 0.812. The summed E-state index contributed by atoms with van der Waals surface area (Å²) in [6, 6.07) is 0.255. The fraction of sp³-hybridized carbons (Fsp3) is 0.867. The lowest BCUT2D eigenvalue weighted by molar-refractivity contribution is -0.132. The van der Waals surface area contributed by atoms with Crippen LogP contribution in [0, 0.1) is 5.92 Å². The predicted molar refractivity (Wildman–Crippen MR) is 80.5 cm³/mol. The number of urea groups is 1. The molecule has 0 aromatic heterocycles. The molecule has 0 spiro atoms. The van der Waals surface area contributed by atoms with Gasteiger partial charge in [0.2, 0.25) is 5.91 Å². The summed E-state index contributed by atoms with van der Waals surface area (Å²) < 4.78 is 0. The smallest absolute Gasteiger partial charge is 0.315 e. The van der Waals surface area contributed by atoms with Gasteiger partial charge in [-0.15, -0.1) is 0 Å². The van der Waals surface area contributed by atoms with Crippen molar-refractivity contribution in [1.82, 2.24) is 15.5 Å². The number of amides is 3. The highest BCUT2D eigenvalue weighted by atomic mass is 16.2. The molecular weight excluding hydrogens is 254 g/mol. The Balaban J connectivity index is 2.28. The van der Waals surface area contributed by atoms with Crippen LogP contribution in [0.2, 0.25) is 0 Å². The lowest BCUT2D eigenvalue weighted by atomic mass is 10.0. The number of nitrogens with one attached hydrogen (secondary N) is 2.